The maximum Gasteiger partial charge on any atom is 0.416 e. The molecule has 0 saturated carbocycles. The maximum atomic E-state index is 12.2. The van der Waals surface area contributed by atoms with E-state index in [1.54, 1.807) is 13.8 Å². The van der Waals surface area contributed by atoms with Crippen LogP contribution in [0.3, 0.4) is 0 Å². The van der Waals surface area contributed by atoms with Crippen molar-refractivity contribution in [3.8, 4) is 0 Å². The number of carbonyl (C=O) groups is 2. The first kappa shape index (κ1) is 16.7. The molecule has 1 heterocycles. The molecule has 0 bridgehead atoms. The van der Waals surface area contributed by atoms with Gasteiger partial charge in [0.2, 0.25) is 11.8 Å². The van der Waals surface area contributed by atoms with Gasteiger partial charge in [-0.1, -0.05) is 13.8 Å². The first-order valence-electron chi connectivity index (χ1n) is 6.46. The topological polar surface area (TPSA) is 69.6 Å². The maximum absolute atomic E-state index is 12.2. The minimum absolute atomic E-state index is 0.171. The molecule has 8 heteroatoms. The molecule has 1 aliphatic rings. The average molecular weight is 296 g/mol. The molecule has 20 heavy (non-hydrogen) atoms. The van der Waals surface area contributed by atoms with Crippen LogP contribution in [0.5, 0.6) is 0 Å². The zero-order valence-electron chi connectivity index (χ0n) is 11.4. The predicted molar refractivity (Wildman–Crippen MR) is 64.6 cm³/mol. The van der Waals surface area contributed by atoms with Crippen LogP contribution in [0.4, 0.5) is 13.2 Å². The second-order valence-electron chi connectivity index (χ2n) is 5.18. The molecule has 1 fully saturated rings. The van der Waals surface area contributed by atoms with Gasteiger partial charge in [-0.15, -0.1) is 0 Å². The Kier molecular flexibility index (Phi) is 5.38. The minimum Gasteiger partial charge on any atom is -0.382 e. The predicted octanol–water partition coefficient (Wildman–Crippen LogP) is 0.673. The summed E-state index contributed by atoms with van der Waals surface area (Å²) in [5, 5.41) is 10.9. The van der Waals surface area contributed by atoms with Crippen molar-refractivity contribution in [3.63, 3.8) is 0 Å². The van der Waals surface area contributed by atoms with E-state index in [0.29, 0.717) is 19.4 Å². The van der Waals surface area contributed by atoms with Gasteiger partial charge in [-0.2, -0.15) is 13.2 Å². The molecule has 0 aliphatic carbocycles. The third-order valence-corrected chi connectivity index (χ3v) is 3.19. The number of likely N-dealkylation sites (tertiary alicyclic amines) is 1. The Morgan fingerprint density at radius 1 is 1.45 bits per heavy atom. The molecule has 0 aromatic rings. The third kappa shape index (κ3) is 4.09. The van der Waals surface area contributed by atoms with E-state index in [0.717, 1.165) is 0 Å². The molecular formula is C12H19F3N2O3. The van der Waals surface area contributed by atoms with Crippen LogP contribution < -0.4 is 5.32 Å². The Balaban J connectivity index is 2.64. The van der Waals surface area contributed by atoms with Gasteiger partial charge < -0.3 is 15.3 Å². The highest BCUT2D eigenvalue weighted by molar-refractivity contribution is 5.88. The number of hydrogen-bond donors (Lipinski definition) is 2. The van der Waals surface area contributed by atoms with Crippen LogP contribution in [0.1, 0.15) is 26.7 Å². The summed E-state index contributed by atoms with van der Waals surface area (Å²) in [4.78, 5) is 25.0. The van der Waals surface area contributed by atoms with Gasteiger partial charge in [-0.3, -0.25) is 9.59 Å². The normalized spacial score (nSPS) is 19.4. The van der Waals surface area contributed by atoms with Crippen LogP contribution in [0.25, 0.3) is 0 Å². The Morgan fingerprint density at radius 3 is 2.45 bits per heavy atom. The number of nitrogens with zero attached hydrogens (tertiary/aromatic N) is 1. The van der Waals surface area contributed by atoms with E-state index in [2.05, 4.69) is 5.32 Å². The smallest absolute Gasteiger partial charge is 0.382 e. The highest BCUT2D eigenvalue weighted by atomic mass is 19.4. The zero-order valence-corrected chi connectivity index (χ0v) is 11.4. The number of rotatable bonds is 5. The van der Waals surface area contributed by atoms with Crippen LogP contribution in [-0.2, 0) is 9.59 Å². The molecule has 0 aromatic heterocycles. The first-order chi connectivity index (χ1) is 9.14. The van der Waals surface area contributed by atoms with Crippen LogP contribution in [-0.4, -0.2) is 53.2 Å². The number of halogens is 3. The van der Waals surface area contributed by atoms with E-state index in [4.69, 9.17) is 5.11 Å². The second kappa shape index (κ2) is 6.43. The van der Waals surface area contributed by atoms with Crippen molar-refractivity contribution in [1.29, 1.82) is 0 Å². The summed E-state index contributed by atoms with van der Waals surface area (Å²) < 4.78 is 36.5. The Hall–Kier alpha value is -1.31. The fourth-order valence-corrected chi connectivity index (χ4v) is 2.18. The number of amides is 2. The summed E-state index contributed by atoms with van der Waals surface area (Å²) in [5.74, 6) is -1.06. The summed E-state index contributed by atoms with van der Waals surface area (Å²) in [6.45, 7) is 2.95. The molecule has 1 aliphatic heterocycles. The van der Waals surface area contributed by atoms with Crippen molar-refractivity contribution in [2.75, 3.05) is 13.1 Å². The quantitative estimate of drug-likeness (QED) is 0.783. The van der Waals surface area contributed by atoms with Crippen LogP contribution >= 0.6 is 0 Å². The van der Waals surface area contributed by atoms with Gasteiger partial charge in [-0.05, 0) is 12.3 Å². The third-order valence-electron chi connectivity index (χ3n) is 3.19. The summed E-state index contributed by atoms with van der Waals surface area (Å²) in [6, 6.07) is -0.801. The molecule has 2 atom stereocenters. The van der Waals surface area contributed by atoms with E-state index in [-0.39, 0.29) is 11.8 Å². The Labute approximate surface area is 115 Å². The molecule has 0 radical (unpaired) electrons. The molecule has 116 valence electrons. The molecule has 1 saturated heterocycles. The van der Waals surface area contributed by atoms with Crippen LogP contribution in [0.2, 0.25) is 0 Å². The molecule has 0 unspecified atom stereocenters. The van der Waals surface area contributed by atoms with E-state index < -0.39 is 30.8 Å². The number of nitrogens with one attached hydrogen (secondary N) is 1. The summed E-state index contributed by atoms with van der Waals surface area (Å²) in [7, 11) is 0. The average Bonchev–Trinajstić information content (AvgIpc) is 2.71. The second-order valence-corrected chi connectivity index (χ2v) is 5.18. The van der Waals surface area contributed by atoms with Gasteiger partial charge in [0.05, 0.1) is 6.54 Å². The summed E-state index contributed by atoms with van der Waals surface area (Å²) >= 11 is 0. The monoisotopic (exact) mass is 296 g/mol. The number of aliphatic hydroxyl groups is 1. The molecule has 5 nitrogen and oxygen atoms in total. The van der Waals surface area contributed by atoms with Gasteiger partial charge >= 0.3 is 6.18 Å². The molecule has 1 rings (SSSR count). The van der Waals surface area contributed by atoms with Crippen molar-refractivity contribution in [2.45, 2.75) is 45.0 Å². The highest BCUT2D eigenvalue weighted by Crippen LogP contribution is 2.21. The van der Waals surface area contributed by atoms with Gasteiger partial charge in [0, 0.05) is 13.0 Å². The van der Waals surface area contributed by atoms with Crippen molar-refractivity contribution in [2.24, 2.45) is 5.92 Å². The van der Waals surface area contributed by atoms with Gasteiger partial charge in [0.25, 0.3) is 0 Å². The van der Waals surface area contributed by atoms with E-state index in [1.165, 1.54) is 4.90 Å². The molecule has 2 amide bonds. The van der Waals surface area contributed by atoms with Crippen molar-refractivity contribution in [1.82, 2.24) is 10.2 Å². The van der Waals surface area contributed by atoms with E-state index in [9.17, 15) is 22.8 Å². The van der Waals surface area contributed by atoms with Gasteiger partial charge in [0.15, 0.2) is 6.10 Å². The lowest BCUT2D eigenvalue weighted by atomic mass is 10.0. The fourth-order valence-electron chi connectivity index (χ4n) is 2.18. The standard InChI is InChI=1S/C12H19F3N2O3/c1-7(2)10(17-5-3-4-9(17)19)11(20)16-6-8(18)12(13,14)15/h7-8,10,18H,3-6H2,1-2H3,(H,16,20)/t8-,10+/m1/s1. The summed E-state index contributed by atoms with van der Waals surface area (Å²) in [6.07, 6.45) is -6.39. The van der Waals surface area contributed by atoms with Crippen LogP contribution in [0.15, 0.2) is 0 Å². The largest absolute Gasteiger partial charge is 0.416 e. The van der Waals surface area contributed by atoms with Gasteiger partial charge in [0.1, 0.15) is 6.04 Å². The highest BCUT2D eigenvalue weighted by Gasteiger charge is 2.40. The van der Waals surface area contributed by atoms with Crippen LogP contribution in [0, 0.1) is 5.92 Å². The SMILES string of the molecule is CC(C)[C@@H](C(=O)NC[C@@H](O)C(F)(F)F)N1CCCC1=O. The Bertz CT molecular complexity index is 371. The van der Waals surface area contributed by atoms with Crippen molar-refractivity contribution in [3.05, 3.63) is 0 Å². The zero-order chi connectivity index (χ0) is 15.5. The fraction of sp³-hybridized carbons (Fsp3) is 0.833. The van der Waals surface area contributed by atoms with Crippen molar-refractivity contribution < 1.29 is 27.9 Å². The lowest BCUT2D eigenvalue weighted by molar-refractivity contribution is -0.202. The lowest BCUT2D eigenvalue weighted by Crippen LogP contribution is -2.52. The number of hydrogen-bond acceptors (Lipinski definition) is 3. The minimum atomic E-state index is -4.77. The van der Waals surface area contributed by atoms with E-state index >= 15 is 0 Å². The molecule has 0 aromatic carbocycles. The lowest BCUT2D eigenvalue weighted by Gasteiger charge is -2.30. The number of alkyl halides is 3. The molecular weight excluding hydrogens is 277 g/mol. The first-order valence-corrected chi connectivity index (χ1v) is 6.46. The molecule has 0 spiro atoms. The van der Waals surface area contributed by atoms with Gasteiger partial charge in [-0.25, -0.2) is 0 Å². The Morgan fingerprint density at radius 2 is 2.05 bits per heavy atom. The number of carbonyl (C=O) groups excluding carboxylic acids is 2. The number of aliphatic hydroxyl groups excluding tert-OH is 1. The van der Waals surface area contributed by atoms with E-state index in [1.807, 2.05) is 0 Å². The van der Waals surface area contributed by atoms with Crippen molar-refractivity contribution >= 4 is 11.8 Å². The summed E-state index contributed by atoms with van der Waals surface area (Å²) in [5.41, 5.74) is 0. The molecule has 2 N–H and O–H groups in total.